The summed E-state index contributed by atoms with van der Waals surface area (Å²) in [5, 5.41) is 9.48. The van der Waals surface area contributed by atoms with Crippen molar-refractivity contribution in [3.05, 3.63) is 40.3 Å². The summed E-state index contributed by atoms with van der Waals surface area (Å²) >= 11 is 6.11. The highest BCUT2D eigenvalue weighted by atomic mass is 35.5. The average molecular weight is 259 g/mol. The van der Waals surface area contributed by atoms with E-state index in [9.17, 15) is 0 Å². The molecule has 0 spiro atoms. The average Bonchev–Trinajstić information content (AvgIpc) is 2.56. The molecule has 18 heavy (non-hydrogen) atoms. The summed E-state index contributed by atoms with van der Waals surface area (Å²) < 4.78 is 0. The van der Waals surface area contributed by atoms with Gasteiger partial charge in [-0.05, 0) is 50.3 Å². The molecule has 2 saturated heterocycles. The molecule has 0 amide bonds. The smallest absolute Gasteiger partial charge is 0.0992 e. The summed E-state index contributed by atoms with van der Waals surface area (Å²) in [7, 11) is 0. The molecule has 2 bridgehead atoms. The number of piperidine rings is 1. The lowest BCUT2D eigenvalue weighted by atomic mass is 10.0. The number of rotatable bonds is 1. The monoisotopic (exact) mass is 258 g/mol. The molecule has 0 aromatic rings. The molecule has 92 valence electrons. The predicted octanol–water partition coefficient (Wildman–Crippen LogP) is 3.63. The van der Waals surface area contributed by atoms with Gasteiger partial charge in [0.1, 0.15) is 0 Å². The van der Waals surface area contributed by atoms with Crippen molar-refractivity contribution in [3.63, 3.8) is 0 Å². The molecule has 0 radical (unpaired) electrons. The van der Waals surface area contributed by atoms with Gasteiger partial charge in [-0.1, -0.05) is 17.3 Å². The molecule has 2 heterocycles. The lowest BCUT2D eigenvalue weighted by Gasteiger charge is -2.36. The van der Waals surface area contributed by atoms with Gasteiger partial charge >= 0.3 is 0 Å². The molecule has 0 aromatic carbocycles. The summed E-state index contributed by atoms with van der Waals surface area (Å²) in [5.74, 6) is 0. The van der Waals surface area contributed by atoms with Crippen molar-refractivity contribution in [2.24, 2.45) is 0 Å². The molecule has 2 atom stereocenters. The molecular formula is C15H15ClN2. The Morgan fingerprint density at radius 1 is 1.22 bits per heavy atom. The first-order valence-electron chi connectivity index (χ1n) is 6.52. The molecule has 1 aliphatic carbocycles. The fraction of sp³-hybridized carbons (Fsp3) is 0.467. The maximum atomic E-state index is 8.95. The van der Waals surface area contributed by atoms with Crippen LogP contribution in [-0.4, -0.2) is 17.0 Å². The van der Waals surface area contributed by atoms with Gasteiger partial charge in [-0.15, -0.1) is 0 Å². The van der Waals surface area contributed by atoms with Gasteiger partial charge in [-0.25, -0.2) is 0 Å². The zero-order valence-electron chi connectivity index (χ0n) is 10.2. The topological polar surface area (TPSA) is 27.0 Å². The Morgan fingerprint density at radius 3 is 2.61 bits per heavy atom. The molecule has 3 rings (SSSR count). The van der Waals surface area contributed by atoms with E-state index in [-0.39, 0.29) is 0 Å². The van der Waals surface area contributed by atoms with Crippen molar-refractivity contribution in [1.82, 2.24) is 4.90 Å². The Hall–Kier alpha value is -1.42. The number of hydrogen-bond acceptors (Lipinski definition) is 2. The lowest BCUT2D eigenvalue weighted by molar-refractivity contribution is 0.194. The van der Waals surface area contributed by atoms with Gasteiger partial charge in [0, 0.05) is 12.1 Å². The highest BCUT2D eigenvalue weighted by Crippen LogP contribution is 2.38. The SMILES string of the molecule is N#CC1=CC(Cl)=C=C(N2C3CCCC2CC3)C=C1. The maximum absolute atomic E-state index is 8.95. The van der Waals surface area contributed by atoms with E-state index in [1.165, 1.54) is 32.1 Å². The van der Waals surface area contributed by atoms with Crippen LogP contribution in [0.15, 0.2) is 40.3 Å². The fourth-order valence-corrected chi connectivity index (χ4v) is 3.50. The van der Waals surface area contributed by atoms with Crippen LogP contribution >= 0.6 is 11.6 Å². The van der Waals surface area contributed by atoms with Crippen LogP contribution in [0.4, 0.5) is 0 Å². The molecule has 0 saturated carbocycles. The van der Waals surface area contributed by atoms with Gasteiger partial charge in [-0.2, -0.15) is 5.26 Å². The van der Waals surface area contributed by atoms with Crippen LogP contribution in [0.5, 0.6) is 0 Å². The van der Waals surface area contributed by atoms with Crippen LogP contribution in [0.2, 0.25) is 0 Å². The third-order valence-electron chi connectivity index (χ3n) is 4.05. The Labute approximate surface area is 113 Å². The first kappa shape index (κ1) is 11.7. The minimum absolute atomic E-state index is 0.525. The van der Waals surface area contributed by atoms with E-state index in [0.717, 1.165) is 5.70 Å². The van der Waals surface area contributed by atoms with Gasteiger partial charge in [0.15, 0.2) is 0 Å². The summed E-state index contributed by atoms with van der Waals surface area (Å²) in [6.45, 7) is 0. The molecule has 2 aliphatic heterocycles. The van der Waals surface area contributed by atoms with Gasteiger partial charge in [0.25, 0.3) is 0 Å². The second-order valence-corrected chi connectivity index (χ2v) is 5.53. The summed E-state index contributed by atoms with van der Waals surface area (Å²) in [5.41, 5.74) is 4.86. The van der Waals surface area contributed by atoms with Crippen molar-refractivity contribution in [2.75, 3.05) is 0 Å². The normalized spacial score (nSPS) is 30.2. The van der Waals surface area contributed by atoms with Crippen LogP contribution in [-0.2, 0) is 0 Å². The van der Waals surface area contributed by atoms with Crippen molar-refractivity contribution in [2.45, 2.75) is 44.2 Å². The van der Waals surface area contributed by atoms with E-state index in [1.807, 2.05) is 12.2 Å². The van der Waals surface area contributed by atoms with Crippen LogP contribution < -0.4 is 0 Å². The highest BCUT2D eigenvalue weighted by molar-refractivity contribution is 6.31. The third-order valence-corrected chi connectivity index (χ3v) is 4.26. The maximum Gasteiger partial charge on any atom is 0.0992 e. The zero-order chi connectivity index (χ0) is 12.5. The second kappa shape index (κ2) is 4.69. The Kier molecular flexibility index (Phi) is 3.04. The van der Waals surface area contributed by atoms with Gasteiger partial charge in [0.05, 0.1) is 22.4 Å². The number of hydrogen-bond donors (Lipinski definition) is 0. The summed E-state index contributed by atoms with van der Waals surface area (Å²) in [6, 6.07) is 3.42. The van der Waals surface area contributed by atoms with E-state index in [0.29, 0.717) is 22.7 Å². The molecule has 2 fully saturated rings. The van der Waals surface area contributed by atoms with Crippen LogP contribution in [0.1, 0.15) is 32.1 Å². The third kappa shape index (κ3) is 2.01. The molecular weight excluding hydrogens is 244 g/mol. The Balaban J connectivity index is 1.95. The fourth-order valence-electron chi connectivity index (χ4n) is 3.28. The van der Waals surface area contributed by atoms with Crippen molar-refractivity contribution >= 4 is 11.6 Å². The number of allylic oxidation sites excluding steroid dienone is 4. The molecule has 3 heteroatoms. The second-order valence-electron chi connectivity index (χ2n) is 5.13. The van der Waals surface area contributed by atoms with E-state index in [2.05, 4.69) is 16.7 Å². The highest BCUT2D eigenvalue weighted by Gasteiger charge is 2.37. The van der Waals surface area contributed by atoms with Gasteiger partial charge in [-0.3, -0.25) is 0 Å². The van der Waals surface area contributed by atoms with Gasteiger partial charge in [0.2, 0.25) is 0 Å². The minimum Gasteiger partial charge on any atom is -0.359 e. The number of nitriles is 1. The molecule has 0 aromatic heterocycles. The van der Waals surface area contributed by atoms with Gasteiger partial charge < -0.3 is 4.90 Å². The van der Waals surface area contributed by atoms with E-state index >= 15 is 0 Å². The number of fused-ring (bicyclic) bond motifs is 2. The summed E-state index contributed by atoms with van der Waals surface area (Å²) in [6.07, 6.45) is 11.9. The first-order chi connectivity index (χ1) is 8.78. The largest absolute Gasteiger partial charge is 0.359 e. The van der Waals surface area contributed by atoms with Crippen molar-refractivity contribution in [1.29, 1.82) is 5.26 Å². The minimum atomic E-state index is 0.525. The Morgan fingerprint density at radius 2 is 1.94 bits per heavy atom. The standard InChI is InChI=1S/C15H15ClN2/c16-12-8-11(10-17)4-5-15(9-12)18-13-2-1-3-14(18)7-6-13/h4-5,8,13-14H,1-3,6-7H2. The number of halogens is 1. The molecule has 3 aliphatic rings. The van der Waals surface area contributed by atoms with E-state index in [4.69, 9.17) is 16.9 Å². The van der Waals surface area contributed by atoms with Crippen molar-refractivity contribution in [3.8, 4) is 6.07 Å². The zero-order valence-corrected chi connectivity index (χ0v) is 11.0. The Bertz CT molecular complexity index is 513. The quantitative estimate of drug-likeness (QED) is 0.672. The first-order valence-corrected chi connectivity index (χ1v) is 6.90. The van der Waals surface area contributed by atoms with E-state index < -0.39 is 0 Å². The lowest BCUT2D eigenvalue weighted by Crippen LogP contribution is -2.38. The molecule has 2 unspecified atom stereocenters. The summed E-state index contributed by atoms with van der Waals surface area (Å²) in [4.78, 5) is 2.47. The van der Waals surface area contributed by atoms with Crippen LogP contribution in [0, 0.1) is 11.3 Å². The van der Waals surface area contributed by atoms with Crippen LogP contribution in [0.25, 0.3) is 0 Å². The van der Waals surface area contributed by atoms with Crippen LogP contribution in [0.3, 0.4) is 0 Å². The van der Waals surface area contributed by atoms with E-state index in [1.54, 1.807) is 6.08 Å². The number of nitrogens with zero attached hydrogens (tertiary/aromatic N) is 2. The molecule has 0 N–H and O–H groups in total. The predicted molar refractivity (Wildman–Crippen MR) is 71.7 cm³/mol. The molecule has 2 nitrogen and oxygen atoms in total. The van der Waals surface area contributed by atoms with Crippen molar-refractivity contribution < 1.29 is 0 Å².